The molecule has 1 saturated carbocycles. The van der Waals surface area contributed by atoms with Gasteiger partial charge < -0.3 is 19.9 Å². The van der Waals surface area contributed by atoms with E-state index in [4.69, 9.17) is 4.74 Å². The lowest BCUT2D eigenvalue weighted by atomic mass is 9.96. The van der Waals surface area contributed by atoms with Gasteiger partial charge in [-0.2, -0.15) is 0 Å². The van der Waals surface area contributed by atoms with Gasteiger partial charge in [0.1, 0.15) is 0 Å². The lowest BCUT2D eigenvalue weighted by molar-refractivity contribution is -0.135. The molecule has 0 bridgehead atoms. The van der Waals surface area contributed by atoms with Crippen LogP contribution in [-0.4, -0.2) is 66.2 Å². The van der Waals surface area contributed by atoms with Crippen molar-refractivity contribution in [2.45, 2.75) is 76.4 Å². The van der Waals surface area contributed by atoms with Crippen molar-refractivity contribution in [2.75, 3.05) is 26.3 Å². The van der Waals surface area contributed by atoms with E-state index in [9.17, 15) is 9.59 Å². The number of hydrogen-bond acceptors (Lipinski definition) is 3. The van der Waals surface area contributed by atoms with E-state index < -0.39 is 0 Å². The molecule has 1 aliphatic carbocycles. The molecule has 2 saturated heterocycles. The molecule has 0 aromatic carbocycles. The molecule has 3 fully saturated rings. The molecule has 0 spiro atoms. The normalized spacial score (nSPS) is 26.4. The van der Waals surface area contributed by atoms with Crippen LogP contribution in [0.5, 0.6) is 0 Å². The molecule has 136 valence electrons. The van der Waals surface area contributed by atoms with Crippen LogP contribution in [0, 0.1) is 0 Å². The van der Waals surface area contributed by atoms with E-state index in [-0.39, 0.29) is 24.0 Å². The van der Waals surface area contributed by atoms with Crippen LogP contribution in [-0.2, 0) is 9.53 Å². The second-order valence-corrected chi connectivity index (χ2v) is 7.44. The predicted molar refractivity (Wildman–Crippen MR) is 91.7 cm³/mol. The highest BCUT2D eigenvalue weighted by Gasteiger charge is 2.36. The molecule has 3 rings (SSSR count). The molecule has 1 unspecified atom stereocenters. The van der Waals surface area contributed by atoms with Gasteiger partial charge in [-0.3, -0.25) is 4.79 Å². The number of rotatable bonds is 3. The molecule has 0 aromatic heterocycles. The lowest BCUT2D eigenvalue weighted by Crippen LogP contribution is -2.50. The summed E-state index contributed by atoms with van der Waals surface area (Å²) in [5.74, 6) is 0.126. The number of urea groups is 1. The lowest BCUT2D eigenvalue weighted by Gasteiger charge is -2.38. The standard InChI is InChI=1S/C18H31N3O3/c1-14(22)21(16-8-11-24-12-9-16)17-7-10-20(13-17)18(23)19-15-5-3-2-4-6-15/h15-17H,2-13H2,1H3,(H,19,23). The molecule has 0 radical (unpaired) electrons. The van der Waals surface area contributed by atoms with Crippen molar-refractivity contribution >= 4 is 11.9 Å². The summed E-state index contributed by atoms with van der Waals surface area (Å²) in [5, 5.41) is 3.19. The second-order valence-electron chi connectivity index (χ2n) is 7.44. The topological polar surface area (TPSA) is 61.9 Å². The number of amides is 3. The minimum absolute atomic E-state index is 0.0554. The Hall–Kier alpha value is -1.30. The van der Waals surface area contributed by atoms with Crippen LogP contribution < -0.4 is 5.32 Å². The second kappa shape index (κ2) is 8.19. The smallest absolute Gasteiger partial charge is 0.317 e. The zero-order valence-electron chi connectivity index (χ0n) is 14.8. The van der Waals surface area contributed by atoms with E-state index >= 15 is 0 Å². The van der Waals surface area contributed by atoms with E-state index in [0.717, 1.165) is 51.9 Å². The van der Waals surface area contributed by atoms with Gasteiger partial charge in [0.15, 0.2) is 0 Å². The highest BCUT2D eigenvalue weighted by atomic mass is 16.5. The van der Waals surface area contributed by atoms with E-state index in [1.807, 2.05) is 9.80 Å². The SMILES string of the molecule is CC(=O)N(C1CCOCC1)C1CCN(C(=O)NC2CCCCC2)C1. The minimum Gasteiger partial charge on any atom is -0.381 e. The fourth-order valence-corrected chi connectivity index (χ4v) is 4.44. The van der Waals surface area contributed by atoms with E-state index in [1.165, 1.54) is 19.3 Å². The third-order valence-electron chi connectivity index (χ3n) is 5.72. The Morgan fingerprint density at radius 2 is 1.71 bits per heavy atom. The summed E-state index contributed by atoms with van der Waals surface area (Å²) in [6.45, 7) is 4.52. The van der Waals surface area contributed by atoms with Crippen molar-refractivity contribution < 1.29 is 14.3 Å². The molecule has 3 aliphatic rings. The number of ether oxygens (including phenoxy) is 1. The van der Waals surface area contributed by atoms with Gasteiger partial charge in [-0.05, 0) is 32.1 Å². The van der Waals surface area contributed by atoms with Gasteiger partial charge in [-0.15, -0.1) is 0 Å². The highest BCUT2D eigenvalue weighted by molar-refractivity contribution is 5.76. The monoisotopic (exact) mass is 337 g/mol. The molecule has 6 nitrogen and oxygen atoms in total. The van der Waals surface area contributed by atoms with Crippen LogP contribution in [0.4, 0.5) is 4.79 Å². The molecule has 6 heteroatoms. The summed E-state index contributed by atoms with van der Waals surface area (Å²) in [6, 6.07) is 0.815. The van der Waals surface area contributed by atoms with Gasteiger partial charge in [0, 0.05) is 45.3 Å². The van der Waals surface area contributed by atoms with E-state index in [2.05, 4.69) is 5.32 Å². The highest BCUT2D eigenvalue weighted by Crippen LogP contribution is 2.24. The quantitative estimate of drug-likeness (QED) is 0.858. The van der Waals surface area contributed by atoms with Crippen LogP contribution >= 0.6 is 0 Å². The van der Waals surface area contributed by atoms with Crippen molar-refractivity contribution in [2.24, 2.45) is 0 Å². The molecule has 24 heavy (non-hydrogen) atoms. The third-order valence-corrected chi connectivity index (χ3v) is 5.72. The summed E-state index contributed by atoms with van der Waals surface area (Å²) in [6.07, 6.45) is 8.63. The van der Waals surface area contributed by atoms with Crippen LogP contribution in [0.1, 0.15) is 58.3 Å². The number of likely N-dealkylation sites (tertiary alicyclic amines) is 1. The number of carbonyl (C=O) groups excluding carboxylic acids is 2. The average molecular weight is 337 g/mol. The first-order valence-electron chi connectivity index (χ1n) is 9.57. The van der Waals surface area contributed by atoms with E-state index in [0.29, 0.717) is 12.6 Å². The van der Waals surface area contributed by atoms with E-state index in [1.54, 1.807) is 6.92 Å². The maximum absolute atomic E-state index is 12.5. The summed E-state index contributed by atoms with van der Waals surface area (Å²) in [4.78, 5) is 28.6. The Morgan fingerprint density at radius 3 is 2.38 bits per heavy atom. The Labute approximate surface area is 144 Å². The molecule has 2 aliphatic heterocycles. The number of nitrogens with one attached hydrogen (secondary N) is 1. The molecule has 0 aromatic rings. The molecular formula is C18H31N3O3. The molecule has 1 N–H and O–H groups in total. The summed E-state index contributed by atoms with van der Waals surface area (Å²) in [7, 11) is 0. The Kier molecular flexibility index (Phi) is 5.98. The zero-order chi connectivity index (χ0) is 16.9. The first-order valence-corrected chi connectivity index (χ1v) is 9.57. The number of nitrogens with zero attached hydrogens (tertiary/aromatic N) is 2. The van der Waals surface area contributed by atoms with Crippen molar-refractivity contribution in [1.82, 2.24) is 15.1 Å². The van der Waals surface area contributed by atoms with Gasteiger partial charge in [0.25, 0.3) is 0 Å². The Morgan fingerprint density at radius 1 is 1.00 bits per heavy atom. The summed E-state index contributed by atoms with van der Waals surface area (Å²) >= 11 is 0. The van der Waals surface area contributed by atoms with Crippen molar-refractivity contribution in [3.63, 3.8) is 0 Å². The molecule has 1 atom stereocenters. The zero-order valence-corrected chi connectivity index (χ0v) is 14.8. The Bertz CT molecular complexity index is 445. The summed E-state index contributed by atoms with van der Waals surface area (Å²) in [5.41, 5.74) is 0. The largest absolute Gasteiger partial charge is 0.381 e. The van der Waals surface area contributed by atoms with Crippen LogP contribution in [0.15, 0.2) is 0 Å². The van der Waals surface area contributed by atoms with Crippen LogP contribution in [0.2, 0.25) is 0 Å². The first kappa shape index (κ1) is 17.5. The fourth-order valence-electron chi connectivity index (χ4n) is 4.44. The number of hydrogen-bond donors (Lipinski definition) is 1. The Balaban J connectivity index is 1.54. The van der Waals surface area contributed by atoms with Crippen molar-refractivity contribution in [3.8, 4) is 0 Å². The molecule has 2 heterocycles. The maximum atomic E-state index is 12.5. The average Bonchev–Trinajstić information content (AvgIpc) is 3.06. The van der Waals surface area contributed by atoms with Gasteiger partial charge in [0.05, 0.1) is 6.04 Å². The van der Waals surface area contributed by atoms with Gasteiger partial charge in [-0.25, -0.2) is 4.79 Å². The first-order chi connectivity index (χ1) is 11.6. The number of carbonyl (C=O) groups is 2. The molecule has 3 amide bonds. The van der Waals surface area contributed by atoms with Crippen LogP contribution in [0.25, 0.3) is 0 Å². The molecular weight excluding hydrogens is 306 g/mol. The van der Waals surface area contributed by atoms with Gasteiger partial charge in [-0.1, -0.05) is 19.3 Å². The summed E-state index contributed by atoms with van der Waals surface area (Å²) < 4.78 is 5.42. The van der Waals surface area contributed by atoms with Crippen molar-refractivity contribution in [3.05, 3.63) is 0 Å². The van der Waals surface area contributed by atoms with Crippen molar-refractivity contribution in [1.29, 1.82) is 0 Å². The maximum Gasteiger partial charge on any atom is 0.317 e. The minimum atomic E-state index is 0.0554. The third kappa shape index (κ3) is 4.21. The fraction of sp³-hybridized carbons (Fsp3) is 0.889. The van der Waals surface area contributed by atoms with Gasteiger partial charge >= 0.3 is 6.03 Å². The van der Waals surface area contributed by atoms with Gasteiger partial charge in [0.2, 0.25) is 5.91 Å². The van der Waals surface area contributed by atoms with Crippen LogP contribution in [0.3, 0.4) is 0 Å². The predicted octanol–water partition coefficient (Wildman–Crippen LogP) is 2.13.